The molecule has 0 aromatic heterocycles. The number of aliphatic carboxylic acids is 1. The van der Waals surface area contributed by atoms with Gasteiger partial charge in [-0.15, -0.1) is 0 Å². The van der Waals surface area contributed by atoms with Crippen LogP contribution in [0.1, 0.15) is 42.9 Å². The highest BCUT2D eigenvalue weighted by Crippen LogP contribution is 2.22. The Kier molecular flexibility index (Phi) is 5.75. The minimum absolute atomic E-state index is 0.000356. The Hall–Kier alpha value is -1.88. The number of hydrogen-bond donors (Lipinski definition) is 3. The lowest BCUT2D eigenvalue weighted by atomic mass is 9.94. The van der Waals surface area contributed by atoms with E-state index in [9.17, 15) is 9.59 Å². The predicted molar refractivity (Wildman–Crippen MR) is 80.0 cm³/mol. The molecule has 0 radical (unpaired) electrons. The van der Waals surface area contributed by atoms with E-state index in [1.807, 2.05) is 18.2 Å². The molecule has 1 unspecified atom stereocenters. The largest absolute Gasteiger partial charge is 0.481 e. The van der Waals surface area contributed by atoms with Crippen LogP contribution in [0, 0.1) is 0 Å². The van der Waals surface area contributed by atoms with Crippen LogP contribution in [0.5, 0.6) is 0 Å². The topological polar surface area (TPSA) is 78.4 Å². The number of unbranched alkanes of at least 4 members (excludes halogenated alkanes) is 2. The molecule has 1 aliphatic heterocycles. The molecule has 2 rings (SSSR count). The van der Waals surface area contributed by atoms with Crippen LogP contribution < -0.4 is 10.6 Å². The van der Waals surface area contributed by atoms with Gasteiger partial charge in [0.1, 0.15) is 6.04 Å². The van der Waals surface area contributed by atoms with Crippen molar-refractivity contribution in [1.29, 1.82) is 0 Å². The third-order valence-corrected chi connectivity index (χ3v) is 3.74. The SMILES string of the molecule is O=C(O)CCCCCNC(=O)C1NCCc2ccccc21. The first-order chi connectivity index (χ1) is 10.2. The lowest BCUT2D eigenvalue weighted by molar-refractivity contribution is -0.137. The minimum atomic E-state index is -0.762. The molecule has 1 amide bonds. The summed E-state index contributed by atoms with van der Waals surface area (Å²) in [5.41, 5.74) is 2.30. The second-order valence-electron chi connectivity index (χ2n) is 5.33. The zero-order valence-corrected chi connectivity index (χ0v) is 12.1. The Bertz CT molecular complexity index is 502. The van der Waals surface area contributed by atoms with E-state index in [0.29, 0.717) is 13.0 Å². The van der Waals surface area contributed by atoms with Gasteiger partial charge in [-0.3, -0.25) is 9.59 Å². The quantitative estimate of drug-likeness (QED) is 0.667. The maximum absolute atomic E-state index is 12.2. The molecule has 0 fully saturated rings. The zero-order chi connectivity index (χ0) is 15.1. The molecule has 21 heavy (non-hydrogen) atoms. The van der Waals surface area contributed by atoms with E-state index in [-0.39, 0.29) is 18.4 Å². The van der Waals surface area contributed by atoms with Gasteiger partial charge >= 0.3 is 5.97 Å². The van der Waals surface area contributed by atoms with Crippen molar-refractivity contribution >= 4 is 11.9 Å². The molecular formula is C16H22N2O3. The maximum Gasteiger partial charge on any atom is 0.303 e. The summed E-state index contributed by atoms with van der Waals surface area (Å²) >= 11 is 0. The summed E-state index contributed by atoms with van der Waals surface area (Å²) < 4.78 is 0. The van der Waals surface area contributed by atoms with Crippen LogP contribution in [0.4, 0.5) is 0 Å². The van der Waals surface area contributed by atoms with Gasteiger partial charge in [-0.05, 0) is 30.4 Å². The van der Waals surface area contributed by atoms with Crippen LogP contribution in [-0.2, 0) is 16.0 Å². The highest BCUT2D eigenvalue weighted by atomic mass is 16.4. The number of fused-ring (bicyclic) bond motifs is 1. The van der Waals surface area contributed by atoms with Crippen molar-refractivity contribution in [3.8, 4) is 0 Å². The van der Waals surface area contributed by atoms with Gasteiger partial charge in [0.2, 0.25) is 5.91 Å². The van der Waals surface area contributed by atoms with Crippen molar-refractivity contribution in [3.63, 3.8) is 0 Å². The second kappa shape index (κ2) is 7.78. The molecule has 1 aromatic rings. The maximum atomic E-state index is 12.2. The molecule has 0 saturated carbocycles. The van der Waals surface area contributed by atoms with E-state index < -0.39 is 5.97 Å². The normalized spacial score (nSPS) is 17.0. The Labute approximate surface area is 124 Å². The molecule has 1 heterocycles. The van der Waals surface area contributed by atoms with Crippen LogP contribution >= 0.6 is 0 Å². The van der Waals surface area contributed by atoms with Gasteiger partial charge in [-0.1, -0.05) is 30.7 Å². The van der Waals surface area contributed by atoms with Gasteiger partial charge in [-0.25, -0.2) is 0 Å². The highest BCUT2D eigenvalue weighted by Gasteiger charge is 2.25. The molecule has 0 saturated heterocycles. The summed E-state index contributed by atoms with van der Waals surface area (Å²) in [4.78, 5) is 22.6. The number of carbonyl (C=O) groups is 2. The van der Waals surface area contributed by atoms with Gasteiger partial charge < -0.3 is 15.7 Å². The summed E-state index contributed by atoms with van der Waals surface area (Å²) in [7, 11) is 0. The molecule has 0 spiro atoms. The van der Waals surface area contributed by atoms with Crippen molar-refractivity contribution < 1.29 is 14.7 Å². The molecule has 0 bridgehead atoms. The minimum Gasteiger partial charge on any atom is -0.481 e. The average Bonchev–Trinajstić information content (AvgIpc) is 2.49. The molecule has 5 heteroatoms. The fourth-order valence-electron chi connectivity index (χ4n) is 2.63. The first-order valence-electron chi connectivity index (χ1n) is 7.49. The lowest BCUT2D eigenvalue weighted by Gasteiger charge is -2.26. The summed E-state index contributed by atoms with van der Waals surface area (Å²) in [6.07, 6.45) is 3.45. The summed E-state index contributed by atoms with van der Waals surface area (Å²) in [5, 5.41) is 14.7. The number of hydrogen-bond acceptors (Lipinski definition) is 3. The van der Waals surface area contributed by atoms with Gasteiger partial charge in [0.25, 0.3) is 0 Å². The van der Waals surface area contributed by atoms with E-state index in [1.165, 1.54) is 5.56 Å². The lowest BCUT2D eigenvalue weighted by Crippen LogP contribution is -2.41. The third kappa shape index (κ3) is 4.56. The molecular weight excluding hydrogens is 268 g/mol. The molecule has 1 aliphatic rings. The van der Waals surface area contributed by atoms with E-state index >= 15 is 0 Å². The monoisotopic (exact) mass is 290 g/mol. The number of amides is 1. The third-order valence-electron chi connectivity index (χ3n) is 3.74. The fraction of sp³-hybridized carbons (Fsp3) is 0.500. The zero-order valence-electron chi connectivity index (χ0n) is 12.1. The number of carboxylic acid groups (broad SMARTS) is 1. The van der Waals surface area contributed by atoms with E-state index in [4.69, 9.17) is 5.11 Å². The van der Waals surface area contributed by atoms with Crippen LogP contribution in [0.25, 0.3) is 0 Å². The summed E-state index contributed by atoms with van der Waals surface area (Å²) in [5.74, 6) is -0.762. The smallest absolute Gasteiger partial charge is 0.303 e. The number of carbonyl (C=O) groups excluding carboxylic acids is 1. The van der Waals surface area contributed by atoms with Gasteiger partial charge in [0.15, 0.2) is 0 Å². The Morgan fingerprint density at radius 2 is 2.05 bits per heavy atom. The van der Waals surface area contributed by atoms with Gasteiger partial charge in [0, 0.05) is 19.5 Å². The number of rotatable bonds is 7. The Morgan fingerprint density at radius 3 is 2.86 bits per heavy atom. The molecule has 1 aromatic carbocycles. The van der Waals surface area contributed by atoms with Crippen LogP contribution in [0.15, 0.2) is 24.3 Å². The molecule has 0 aliphatic carbocycles. The number of benzene rings is 1. The van der Waals surface area contributed by atoms with Crippen molar-refractivity contribution in [2.75, 3.05) is 13.1 Å². The molecule has 1 atom stereocenters. The summed E-state index contributed by atoms with van der Waals surface area (Å²) in [6, 6.07) is 7.76. The second-order valence-corrected chi connectivity index (χ2v) is 5.33. The predicted octanol–water partition coefficient (Wildman–Crippen LogP) is 1.63. The number of carboxylic acids is 1. The van der Waals surface area contributed by atoms with Crippen LogP contribution in [0.3, 0.4) is 0 Å². The van der Waals surface area contributed by atoms with E-state index in [0.717, 1.165) is 31.4 Å². The molecule has 114 valence electrons. The van der Waals surface area contributed by atoms with Gasteiger partial charge in [0.05, 0.1) is 0 Å². The van der Waals surface area contributed by atoms with E-state index in [1.54, 1.807) is 0 Å². The standard InChI is InChI=1S/C16H22N2O3/c19-14(20)8-2-1-5-10-18-16(21)15-13-7-4-3-6-12(13)9-11-17-15/h3-4,6-7,15,17H,1-2,5,8-11H2,(H,18,21)(H,19,20). The van der Waals surface area contributed by atoms with Gasteiger partial charge in [-0.2, -0.15) is 0 Å². The molecule has 3 N–H and O–H groups in total. The van der Waals surface area contributed by atoms with Crippen molar-refractivity contribution in [1.82, 2.24) is 10.6 Å². The Balaban J connectivity index is 1.76. The van der Waals surface area contributed by atoms with Crippen LogP contribution in [-0.4, -0.2) is 30.1 Å². The van der Waals surface area contributed by atoms with Crippen molar-refractivity contribution in [3.05, 3.63) is 35.4 Å². The fourth-order valence-corrected chi connectivity index (χ4v) is 2.63. The highest BCUT2D eigenvalue weighted by molar-refractivity contribution is 5.83. The van der Waals surface area contributed by atoms with Crippen molar-refractivity contribution in [2.24, 2.45) is 0 Å². The Morgan fingerprint density at radius 1 is 1.24 bits per heavy atom. The van der Waals surface area contributed by atoms with Crippen molar-refractivity contribution in [2.45, 2.75) is 38.1 Å². The van der Waals surface area contributed by atoms with E-state index in [2.05, 4.69) is 16.7 Å². The van der Waals surface area contributed by atoms with Crippen LogP contribution in [0.2, 0.25) is 0 Å². The summed E-state index contributed by atoms with van der Waals surface area (Å²) in [6.45, 7) is 1.41. The first-order valence-corrected chi connectivity index (χ1v) is 7.49. The molecule has 5 nitrogen and oxygen atoms in total. The first kappa shape index (κ1) is 15.5. The average molecular weight is 290 g/mol. The number of nitrogens with one attached hydrogen (secondary N) is 2.